The monoisotopic (exact) mass is 250 g/mol. The molecule has 0 bridgehead atoms. The van der Waals surface area contributed by atoms with E-state index in [-0.39, 0.29) is 11.9 Å². The van der Waals surface area contributed by atoms with Gasteiger partial charge < -0.3 is 5.32 Å². The van der Waals surface area contributed by atoms with Crippen molar-refractivity contribution in [3.05, 3.63) is 35.7 Å². The maximum atomic E-state index is 13.2. The van der Waals surface area contributed by atoms with Gasteiger partial charge in [-0.15, -0.1) is 10.2 Å². The lowest BCUT2D eigenvalue weighted by Crippen LogP contribution is -2.23. The molecule has 1 atom stereocenters. The number of aryl methyl sites for hydroxylation is 1. The number of hydrogen-bond acceptors (Lipinski definition) is 5. The van der Waals surface area contributed by atoms with Crippen molar-refractivity contribution >= 4 is 0 Å². The Bertz CT molecular complexity index is 512. The van der Waals surface area contributed by atoms with Crippen molar-refractivity contribution in [1.82, 2.24) is 30.5 Å². The van der Waals surface area contributed by atoms with Gasteiger partial charge in [0.05, 0.1) is 13.2 Å². The Morgan fingerprint density at radius 3 is 2.89 bits per heavy atom. The quantitative estimate of drug-likeness (QED) is 0.843. The van der Waals surface area contributed by atoms with Crippen LogP contribution in [0.4, 0.5) is 4.39 Å². The molecule has 0 amide bonds. The predicted molar refractivity (Wildman–Crippen MR) is 63.1 cm³/mol. The van der Waals surface area contributed by atoms with Crippen LogP contribution in [-0.4, -0.2) is 31.7 Å². The number of rotatable bonds is 5. The summed E-state index contributed by atoms with van der Waals surface area (Å²) in [5, 5.41) is 15.1. The van der Waals surface area contributed by atoms with Gasteiger partial charge in [-0.2, -0.15) is 4.80 Å². The Hall–Kier alpha value is -1.89. The lowest BCUT2D eigenvalue weighted by Gasteiger charge is -2.16. The van der Waals surface area contributed by atoms with E-state index >= 15 is 0 Å². The highest BCUT2D eigenvalue weighted by Crippen LogP contribution is 2.16. The zero-order valence-electron chi connectivity index (χ0n) is 10.3. The van der Waals surface area contributed by atoms with E-state index in [2.05, 4.69) is 25.7 Å². The summed E-state index contributed by atoms with van der Waals surface area (Å²) in [6.07, 6.45) is 3.38. The van der Waals surface area contributed by atoms with Crippen molar-refractivity contribution in [2.24, 2.45) is 7.05 Å². The summed E-state index contributed by atoms with van der Waals surface area (Å²) < 4.78 is 13.2. The van der Waals surface area contributed by atoms with Crippen LogP contribution < -0.4 is 5.32 Å². The Morgan fingerprint density at radius 2 is 2.28 bits per heavy atom. The van der Waals surface area contributed by atoms with Gasteiger partial charge in [-0.25, -0.2) is 4.39 Å². The van der Waals surface area contributed by atoms with Gasteiger partial charge >= 0.3 is 0 Å². The summed E-state index contributed by atoms with van der Waals surface area (Å²) >= 11 is 0. The van der Waals surface area contributed by atoms with E-state index in [1.165, 1.54) is 17.1 Å². The highest BCUT2D eigenvalue weighted by Gasteiger charge is 2.15. The summed E-state index contributed by atoms with van der Waals surface area (Å²) in [4.78, 5) is 5.26. The van der Waals surface area contributed by atoms with Crippen LogP contribution in [0.5, 0.6) is 0 Å². The van der Waals surface area contributed by atoms with Crippen LogP contribution in [0.1, 0.15) is 24.4 Å². The van der Waals surface area contributed by atoms with Crippen molar-refractivity contribution < 1.29 is 4.39 Å². The molecule has 2 aromatic rings. The lowest BCUT2D eigenvalue weighted by molar-refractivity contribution is 0.526. The Balaban J connectivity index is 2.17. The molecule has 18 heavy (non-hydrogen) atoms. The second kappa shape index (κ2) is 5.63. The minimum atomic E-state index is -0.345. The van der Waals surface area contributed by atoms with Crippen molar-refractivity contribution in [2.75, 3.05) is 6.54 Å². The SMILES string of the molecule is CCNC(Cc1nnn(C)n1)c1cncc(F)c1. The molecule has 0 aliphatic rings. The second-order valence-corrected chi connectivity index (χ2v) is 3.95. The van der Waals surface area contributed by atoms with E-state index < -0.39 is 0 Å². The third-order valence-corrected chi connectivity index (χ3v) is 2.52. The van der Waals surface area contributed by atoms with Gasteiger partial charge in [0.25, 0.3) is 0 Å². The van der Waals surface area contributed by atoms with Crippen LogP contribution in [0.2, 0.25) is 0 Å². The molecule has 0 saturated heterocycles. The minimum Gasteiger partial charge on any atom is -0.310 e. The van der Waals surface area contributed by atoms with Gasteiger partial charge in [0, 0.05) is 18.7 Å². The van der Waals surface area contributed by atoms with E-state index in [0.29, 0.717) is 12.2 Å². The number of nitrogens with one attached hydrogen (secondary N) is 1. The Labute approximate surface area is 104 Å². The topological polar surface area (TPSA) is 68.5 Å². The number of halogens is 1. The molecule has 0 fully saturated rings. The van der Waals surface area contributed by atoms with Crippen molar-refractivity contribution in [2.45, 2.75) is 19.4 Å². The van der Waals surface area contributed by atoms with E-state index in [4.69, 9.17) is 0 Å². The summed E-state index contributed by atoms with van der Waals surface area (Å²) in [5.74, 6) is 0.273. The second-order valence-electron chi connectivity index (χ2n) is 3.95. The molecule has 0 spiro atoms. The molecule has 0 radical (unpaired) electrons. The zero-order valence-corrected chi connectivity index (χ0v) is 10.3. The summed E-state index contributed by atoms with van der Waals surface area (Å²) in [6, 6.07) is 1.40. The van der Waals surface area contributed by atoms with Crippen molar-refractivity contribution in [3.8, 4) is 0 Å². The molecule has 0 saturated carbocycles. The fraction of sp³-hybridized carbons (Fsp3) is 0.455. The molecule has 1 unspecified atom stereocenters. The van der Waals surface area contributed by atoms with Gasteiger partial charge in [0.15, 0.2) is 5.82 Å². The van der Waals surface area contributed by atoms with Crippen molar-refractivity contribution in [3.63, 3.8) is 0 Å². The average Bonchev–Trinajstić information content (AvgIpc) is 2.74. The van der Waals surface area contributed by atoms with Gasteiger partial charge in [0.1, 0.15) is 5.82 Å². The van der Waals surface area contributed by atoms with Crippen LogP contribution in [0.15, 0.2) is 18.5 Å². The van der Waals surface area contributed by atoms with Gasteiger partial charge in [0.2, 0.25) is 0 Å². The molecular formula is C11H15FN6. The minimum absolute atomic E-state index is 0.0672. The molecule has 0 aliphatic carbocycles. The molecule has 0 aromatic carbocycles. The third kappa shape index (κ3) is 3.07. The van der Waals surface area contributed by atoms with Crippen molar-refractivity contribution in [1.29, 1.82) is 0 Å². The zero-order chi connectivity index (χ0) is 13.0. The number of likely N-dealkylation sites (N-methyl/N-ethyl adjacent to an activating group) is 1. The third-order valence-electron chi connectivity index (χ3n) is 2.52. The van der Waals surface area contributed by atoms with Gasteiger partial charge in [-0.05, 0) is 23.4 Å². The van der Waals surface area contributed by atoms with E-state index in [1.807, 2.05) is 6.92 Å². The van der Waals surface area contributed by atoms with Crippen LogP contribution in [0.25, 0.3) is 0 Å². The molecule has 0 aliphatic heterocycles. The molecular weight excluding hydrogens is 235 g/mol. The Kier molecular flexibility index (Phi) is 3.93. The summed E-state index contributed by atoms with van der Waals surface area (Å²) in [6.45, 7) is 2.76. The fourth-order valence-electron chi connectivity index (χ4n) is 1.76. The normalized spacial score (nSPS) is 12.6. The number of pyridine rings is 1. The maximum absolute atomic E-state index is 13.2. The number of nitrogens with zero attached hydrogens (tertiary/aromatic N) is 5. The van der Waals surface area contributed by atoms with Gasteiger partial charge in [-0.1, -0.05) is 6.92 Å². The first-order chi connectivity index (χ1) is 8.69. The van der Waals surface area contributed by atoms with Crippen LogP contribution in [0.3, 0.4) is 0 Å². The lowest BCUT2D eigenvalue weighted by atomic mass is 10.1. The molecule has 6 nitrogen and oxygen atoms in total. The molecule has 1 N–H and O–H groups in total. The van der Waals surface area contributed by atoms with E-state index in [9.17, 15) is 4.39 Å². The molecule has 2 heterocycles. The highest BCUT2D eigenvalue weighted by atomic mass is 19.1. The molecule has 2 aromatic heterocycles. The number of tetrazole rings is 1. The predicted octanol–water partition coefficient (Wildman–Crippen LogP) is 0.637. The first-order valence-electron chi connectivity index (χ1n) is 5.75. The maximum Gasteiger partial charge on any atom is 0.176 e. The van der Waals surface area contributed by atoms with Crippen LogP contribution in [0, 0.1) is 5.82 Å². The summed E-state index contributed by atoms with van der Waals surface area (Å²) in [5.41, 5.74) is 0.782. The fourth-order valence-corrected chi connectivity index (χ4v) is 1.76. The highest BCUT2D eigenvalue weighted by molar-refractivity contribution is 5.16. The van der Waals surface area contributed by atoms with Crippen LogP contribution in [-0.2, 0) is 13.5 Å². The van der Waals surface area contributed by atoms with Gasteiger partial charge in [-0.3, -0.25) is 4.98 Å². The first kappa shape index (κ1) is 12.6. The average molecular weight is 250 g/mol. The van der Waals surface area contributed by atoms with Crippen LogP contribution >= 0.6 is 0 Å². The Morgan fingerprint density at radius 1 is 1.44 bits per heavy atom. The molecule has 2 rings (SSSR count). The number of aromatic nitrogens is 5. The summed E-state index contributed by atoms with van der Waals surface area (Å²) in [7, 11) is 1.71. The number of hydrogen-bond donors (Lipinski definition) is 1. The van der Waals surface area contributed by atoms with E-state index in [0.717, 1.165) is 12.1 Å². The molecule has 96 valence electrons. The molecule has 7 heteroatoms. The standard InChI is InChI=1S/C11H15FN6/c1-3-14-10(5-11-15-17-18(2)16-11)8-4-9(12)7-13-6-8/h4,6-7,10,14H,3,5H2,1-2H3. The largest absolute Gasteiger partial charge is 0.310 e. The van der Waals surface area contributed by atoms with E-state index in [1.54, 1.807) is 13.2 Å². The first-order valence-corrected chi connectivity index (χ1v) is 5.75. The smallest absolute Gasteiger partial charge is 0.176 e.